The van der Waals surface area contributed by atoms with Gasteiger partial charge in [0.15, 0.2) is 4.34 Å². The molecule has 2 heterocycles. The van der Waals surface area contributed by atoms with Crippen molar-refractivity contribution >= 4 is 34.1 Å². The molecule has 0 radical (unpaired) electrons. The summed E-state index contributed by atoms with van der Waals surface area (Å²) in [6, 6.07) is 5.12. The lowest BCUT2D eigenvalue weighted by atomic mass is 10.0. The van der Waals surface area contributed by atoms with Gasteiger partial charge in [-0.1, -0.05) is 29.2 Å². The van der Waals surface area contributed by atoms with Crippen molar-refractivity contribution in [1.82, 2.24) is 20.4 Å². The van der Waals surface area contributed by atoms with Crippen LogP contribution in [0.1, 0.15) is 21.6 Å². The summed E-state index contributed by atoms with van der Waals surface area (Å²) in [5.74, 6) is 0.481. The average molecular weight is 387 g/mol. The van der Waals surface area contributed by atoms with Gasteiger partial charge in [-0.25, -0.2) is 0 Å². The van der Waals surface area contributed by atoms with E-state index in [2.05, 4.69) is 32.3 Å². The highest BCUT2D eigenvalue weighted by molar-refractivity contribution is 8.01. The fraction of sp³-hybridized carbons (Fsp3) is 0.176. The standard InChI is InChI=1S/C17H17N5O2S2/c1-4-5-25-17-22-21-16(26-17)18-15(24)13-8-12(19-20-13)11-6-9(2)10(3)7-14(11)23/h4,6-8,23H,1,5H2,2-3H3,(H,19,20)(H,18,21,24). The Kier molecular flexibility index (Phi) is 5.38. The molecule has 0 atom stereocenters. The van der Waals surface area contributed by atoms with Crippen molar-refractivity contribution in [2.24, 2.45) is 0 Å². The molecule has 0 spiro atoms. The Labute approximate surface area is 158 Å². The number of hydrogen-bond donors (Lipinski definition) is 3. The second kappa shape index (κ2) is 7.71. The second-order valence-corrected chi connectivity index (χ2v) is 7.79. The predicted octanol–water partition coefficient (Wildman–Crippen LogP) is 3.78. The summed E-state index contributed by atoms with van der Waals surface area (Å²) in [5, 5.41) is 28.0. The summed E-state index contributed by atoms with van der Waals surface area (Å²) >= 11 is 2.79. The van der Waals surface area contributed by atoms with Crippen LogP contribution in [-0.4, -0.2) is 37.2 Å². The molecule has 7 nitrogen and oxygen atoms in total. The SMILES string of the molecule is C=CCSc1nnc(NC(=O)c2cc(-c3cc(C)c(C)cc3O)n[nH]2)s1. The van der Waals surface area contributed by atoms with Gasteiger partial charge in [0.2, 0.25) is 5.13 Å². The zero-order valence-corrected chi connectivity index (χ0v) is 15.9. The maximum absolute atomic E-state index is 12.4. The number of aromatic amines is 1. The number of nitrogens with one attached hydrogen (secondary N) is 2. The third kappa shape index (κ3) is 3.94. The molecule has 0 aliphatic heterocycles. The van der Waals surface area contributed by atoms with E-state index in [0.29, 0.717) is 16.4 Å². The number of rotatable bonds is 6. The first kappa shape index (κ1) is 18.2. The van der Waals surface area contributed by atoms with E-state index in [1.807, 2.05) is 19.9 Å². The number of phenolic OH excluding ortho intramolecular Hbond substituents is 1. The van der Waals surface area contributed by atoms with Crippen molar-refractivity contribution in [1.29, 1.82) is 0 Å². The molecular formula is C17H17N5O2S2. The topological polar surface area (TPSA) is 104 Å². The van der Waals surface area contributed by atoms with Crippen molar-refractivity contribution in [3.8, 4) is 17.0 Å². The van der Waals surface area contributed by atoms with E-state index in [0.717, 1.165) is 21.2 Å². The highest BCUT2D eigenvalue weighted by atomic mass is 32.2. The van der Waals surface area contributed by atoms with Crippen molar-refractivity contribution in [3.63, 3.8) is 0 Å². The number of benzene rings is 1. The predicted molar refractivity (Wildman–Crippen MR) is 104 cm³/mol. The van der Waals surface area contributed by atoms with Gasteiger partial charge in [-0.3, -0.25) is 15.2 Å². The average Bonchev–Trinajstić information content (AvgIpc) is 3.26. The highest BCUT2D eigenvalue weighted by Gasteiger charge is 2.16. The minimum Gasteiger partial charge on any atom is -0.507 e. The number of carbonyl (C=O) groups is 1. The summed E-state index contributed by atoms with van der Waals surface area (Å²) in [6.07, 6.45) is 1.78. The normalized spacial score (nSPS) is 10.7. The number of amides is 1. The van der Waals surface area contributed by atoms with E-state index in [1.165, 1.54) is 23.1 Å². The van der Waals surface area contributed by atoms with Crippen LogP contribution in [0.3, 0.4) is 0 Å². The molecule has 3 rings (SSSR count). The van der Waals surface area contributed by atoms with Crippen LogP contribution >= 0.6 is 23.1 Å². The molecule has 3 aromatic rings. The molecule has 1 amide bonds. The van der Waals surface area contributed by atoms with Gasteiger partial charge in [-0.2, -0.15) is 5.10 Å². The monoisotopic (exact) mass is 387 g/mol. The molecule has 1 aromatic carbocycles. The van der Waals surface area contributed by atoms with Crippen LogP contribution in [0.5, 0.6) is 5.75 Å². The van der Waals surface area contributed by atoms with E-state index in [-0.39, 0.29) is 17.4 Å². The summed E-state index contributed by atoms with van der Waals surface area (Å²) in [5.41, 5.74) is 3.36. The molecule has 2 aromatic heterocycles. The van der Waals surface area contributed by atoms with Gasteiger partial charge in [0, 0.05) is 11.3 Å². The van der Waals surface area contributed by atoms with Gasteiger partial charge in [-0.15, -0.1) is 16.8 Å². The number of aryl methyl sites for hydroxylation is 2. The van der Waals surface area contributed by atoms with Gasteiger partial charge in [-0.05, 0) is 43.2 Å². The molecular weight excluding hydrogens is 370 g/mol. The molecule has 134 valence electrons. The van der Waals surface area contributed by atoms with E-state index in [4.69, 9.17) is 0 Å². The van der Waals surface area contributed by atoms with E-state index in [9.17, 15) is 9.90 Å². The molecule has 0 saturated heterocycles. The maximum atomic E-state index is 12.4. The lowest BCUT2D eigenvalue weighted by Gasteiger charge is -2.05. The lowest BCUT2D eigenvalue weighted by molar-refractivity contribution is 0.102. The van der Waals surface area contributed by atoms with Gasteiger partial charge in [0.1, 0.15) is 11.4 Å². The number of phenols is 1. The van der Waals surface area contributed by atoms with Crippen molar-refractivity contribution in [2.45, 2.75) is 18.2 Å². The van der Waals surface area contributed by atoms with E-state index >= 15 is 0 Å². The smallest absolute Gasteiger partial charge is 0.275 e. The van der Waals surface area contributed by atoms with E-state index in [1.54, 1.807) is 18.2 Å². The maximum Gasteiger partial charge on any atom is 0.275 e. The Morgan fingerprint density at radius 2 is 2.12 bits per heavy atom. The number of hydrogen-bond acceptors (Lipinski definition) is 7. The Bertz CT molecular complexity index is 964. The fourth-order valence-electron chi connectivity index (χ4n) is 2.20. The Morgan fingerprint density at radius 3 is 2.88 bits per heavy atom. The summed E-state index contributed by atoms with van der Waals surface area (Å²) in [4.78, 5) is 12.4. The third-order valence-corrected chi connectivity index (χ3v) is 5.63. The van der Waals surface area contributed by atoms with Crippen LogP contribution in [0.2, 0.25) is 0 Å². The minimum atomic E-state index is -0.372. The molecule has 0 saturated carbocycles. The van der Waals surface area contributed by atoms with Gasteiger partial charge < -0.3 is 5.11 Å². The number of nitrogens with zero attached hydrogens (tertiary/aromatic N) is 3. The third-order valence-electron chi connectivity index (χ3n) is 3.66. The Balaban J connectivity index is 1.75. The summed E-state index contributed by atoms with van der Waals surface area (Å²) in [7, 11) is 0. The van der Waals surface area contributed by atoms with Crippen molar-refractivity contribution in [3.05, 3.63) is 47.7 Å². The largest absolute Gasteiger partial charge is 0.507 e. The van der Waals surface area contributed by atoms with Crippen molar-refractivity contribution < 1.29 is 9.90 Å². The first-order valence-electron chi connectivity index (χ1n) is 7.72. The molecule has 9 heteroatoms. The van der Waals surface area contributed by atoms with Crippen LogP contribution in [-0.2, 0) is 0 Å². The highest BCUT2D eigenvalue weighted by Crippen LogP contribution is 2.31. The Morgan fingerprint density at radius 1 is 1.35 bits per heavy atom. The number of aromatic hydroxyl groups is 1. The van der Waals surface area contributed by atoms with Crippen LogP contribution < -0.4 is 5.32 Å². The number of carbonyl (C=O) groups excluding carboxylic acids is 1. The number of anilines is 1. The molecule has 26 heavy (non-hydrogen) atoms. The van der Waals surface area contributed by atoms with Crippen LogP contribution in [0.25, 0.3) is 11.3 Å². The van der Waals surface area contributed by atoms with Crippen LogP contribution in [0.15, 0.2) is 35.2 Å². The first-order chi connectivity index (χ1) is 12.5. The number of aromatic nitrogens is 4. The van der Waals surface area contributed by atoms with Gasteiger partial charge >= 0.3 is 0 Å². The number of thioether (sulfide) groups is 1. The van der Waals surface area contributed by atoms with Gasteiger partial charge in [0.05, 0.1) is 5.69 Å². The molecule has 3 N–H and O–H groups in total. The molecule has 0 fully saturated rings. The first-order valence-corrected chi connectivity index (χ1v) is 9.52. The molecule has 0 bridgehead atoms. The molecule has 0 aliphatic carbocycles. The molecule has 0 aliphatic rings. The van der Waals surface area contributed by atoms with Crippen LogP contribution in [0, 0.1) is 13.8 Å². The zero-order valence-electron chi connectivity index (χ0n) is 14.2. The fourth-order valence-corrected chi connectivity index (χ4v) is 3.70. The summed E-state index contributed by atoms with van der Waals surface area (Å²) < 4.78 is 0.755. The van der Waals surface area contributed by atoms with Crippen molar-refractivity contribution in [2.75, 3.05) is 11.1 Å². The molecule has 0 unspecified atom stereocenters. The quantitative estimate of drug-likeness (QED) is 0.338. The summed E-state index contributed by atoms with van der Waals surface area (Å²) in [6.45, 7) is 7.53. The second-order valence-electron chi connectivity index (χ2n) is 5.55. The van der Waals surface area contributed by atoms with Crippen LogP contribution in [0.4, 0.5) is 5.13 Å². The van der Waals surface area contributed by atoms with Gasteiger partial charge in [0.25, 0.3) is 5.91 Å². The minimum absolute atomic E-state index is 0.125. The zero-order chi connectivity index (χ0) is 18.7. The number of H-pyrrole nitrogens is 1. The Hall–Kier alpha value is -2.65. The van der Waals surface area contributed by atoms with E-state index < -0.39 is 0 Å². The lowest BCUT2D eigenvalue weighted by Crippen LogP contribution is -2.12.